The van der Waals surface area contributed by atoms with Crippen molar-refractivity contribution in [3.05, 3.63) is 49.1 Å². The van der Waals surface area contributed by atoms with Crippen molar-refractivity contribution < 1.29 is 19.7 Å². The van der Waals surface area contributed by atoms with Gasteiger partial charge in [0.25, 0.3) is 0 Å². The molecule has 4 heteroatoms. The number of benzene rings is 2. The smallest absolute Gasteiger partial charge is 0.248 e. The Morgan fingerprint density at radius 1 is 1.00 bits per heavy atom. The number of fused-ring (bicyclic) bond motifs is 2. The molecule has 4 nitrogen and oxygen atoms in total. The summed E-state index contributed by atoms with van der Waals surface area (Å²) >= 11 is 0. The highest BCUT2D eigenvalue weighted by Crippen LogP contribution is 2.43. The average Bonchev–Trinajstić information content (AvgIpc) is 2.94. The normalized spacial score (nSPS) is 17.2. The van der Waals surface area contributed by atoms with Gasteiger partial charge in [0.15, 0.2) is 11.5 Å². The average molecular weight is 356 g/mol. The minimum absolute atomic E-state index is 0.359. The van der Waals surface area contributed by atoms with Crippen LogP contribution in [0.4, 0.5) is 0 Å². The molecule has 0 radical (unpaired) electrons. The van der Waals surface area contributed by atoms with Crippen molar-refractivity contribution in [3.8, 4) is 11.5 Å². The van der Waals surface area contributed by atoms with E-state index < -0.39 is 11.9 Å². The lowest BCUT2D eigenvalue weighted by atomic mass is 10.0. The van der Waals surface area contributed by atoms with E-state index in [2.05, 4.69) is 18.7 Å². The molecule has 0 aliphatic carbocycles. The van der Waals surface area contributed by atoms with E-state index in [9.17, 15) is 10.2 Å². The molecule has 140 valence electrons. The Labute approximate surface area is 155 Å². The van der Waals surface area contributed by atoms with E-state index in [1.54, 1.807) is 0 Å². The van der Waals surface area contributed by atoms with Gasteiger partial charge in [0, 0.05) is 13.3 Å². The van der Waals surface area contributed by atoms with Gasteiger partial charge in [0.1, 0.15) is 0 Å². The number of aliphatic hydroxyl groups excluding tert-OH is 2. The van der Waals surface area contributed by atoms with Crippen LogP contribution in [0.15, 0.2) is 49.1 Å². The van der Waals surface area contributed by atoms with E-state index in [4.69, 9.17) is 9.47 Å². The lowest BCUT2D eigenvalue weighted by molar-refractivity contribution is -0.0710. The van der Waals surface area contributed by atoms with Gasteiger partial charge >= 0.3 is 0 Å². The van der Waals surface area contributed by atoms with Crippen molar-refractivity contribution >= 4 is 10.8 Å². The highest BCUT2D eigenvalue weighted by molar-refractivity contribution is 5.86. The summed E-state index contributed by atoms with van der Waals surface area (Å²) in [7, 11) is 0. The zero-order valence-corrected chi connectivity index (χ0v) is 15.4. The Balaban J connectivity index is 1.48. The molecule has 2 N–H and O–H groups in total. The first-order valence-electron chi connectivity index (χ1n) is 9.38. The Morgan fingerprint density at radius 2 is 1.58 bits per heavy atom. The van der Waals surface area contributed by atoms with Crippen LogP contribution in [0.2, 0.25) is 0 Å². The fourth-order valence-corrected chi connectivity index (χ4v) is 3.43. The van der Waals surface area contributed by atoms with Crippen LogP contribution < -0.4 is 9.47 Å². The fraction of sp³-hybridized carbons (Fsp3) is 0.455. The van der Waals surface area contributed by atoms with E-state index in [1.807, 2.05) is 31.2 Å². The zero-order valence-electron chi connectivity index (χ0n) is 15.4. The van der Waals surface area contributed by atoms with Gasteiger partial charge in [-0.2, -0.15) is 0 Å². The molecule has 1 aliphatic heterocycles. The zero-order chi connectivity index (χ0) is 18.6. The molecule has 3 rings (SSSR count). The topological polar surface area (TPSA) is 58.9 Å². The predicted octanol–water partition coefficient (Wildman–Crippen LogP) is 4.58. The molecule has 0 fully saturated rings. The first-order valence-corrected chi connectivity index (χ1v) is 9.38. The van der Waals surface area contributed by atoms with Gasteiger partial charge in [-0.15, -0.1) is 6.58 Å². The van der Waals surface area contributed by atoms with Gasteiger partial charge in [0.2, 0.25) is 5.79 Å². The van der Waals surface area contributed by atoms with Crippen molar-refractivity contribution in [1.29, 1.82) is 0 Å². The molecule has 0 aromatic heterocycles. The second-order valence-electron chi connectivity index (χ2n) is 7.26. The molecular weight excluding hydrogens is 328 g/mol. The third kappa shape index (κ3) is 4.57. The Hall–Kier alpha value is -2.04. The van der Waals surface area contributed by atoms with Crippen molar-refractivity contribution in [2.24, 2.45) is 0 Å². The quantitative estimate of drug-likeness (QED) is 0.646. The maximum Gasteiger partial charge on any atom is 0.248 e. The molecule has 0 saturated carbocycles. The largest absolute Gasteiger partial charge is 0.449 e. The Bertz CT molecular complexity index is 710. The van der Waals surface area contributed by atoms with Crippen molar-refractivity contribution in [1.82, 2.24) is 0 Å². The van der Waals surface area contributed by atoms with Gasteiger partial charge in [-0.1, -0.05) is 30.3 Å². The molecule has 0 bridgehead atoms. The first kappa shape index (κ1) is 18.7. The van der Waals surface area contributed by atoms with Gasteiger partial charge in [0.05, 0.1) is 12.2 Å². The van der Waals surface area contributed by atoms with Crippen LogP contribution in [0.25, 0.3) is 10.8 Å². The van der Waals surface area contributed by atoms with Crippen LogP contribution in [0.5, 0.6) is 11.5 Å². The van der Waals surface area contributed by atoms with E-state index >= 15 is 0 Å². The molecule has 1 heterocycles. The molecule has 0 saturated heterocycles. The lowest BCUT2D eigenvalue weighted by Gasteiger charge is -2.23. The number of hydrogen-bond donors (Lipinski definition) is 2. The van der Waals surface area contributed by atoms with E-state index in [1.165, 1.54) is 6.08 Å². The van der Waals surface area contributed by atoms with E-state index in [0.29, 0.717) is 25.7 Å². The van der Waals surface area contributed by atoms with E-state index in [-0.39, 0.29) is 6.10 Å². The summed E-state index contributed by atoms with van der Waals surface area (Å²) in [6, 6.07) is 12.2. The lowest BCUT2D eigenvalue weighted by Crippen LogP contribution is -2.34. The number of aliphatic hydroxyl groups is 2. The summed E-state index contributed by atoms with van der Waals surface area (Å²) in [5, 5.41) is 21.8. The number of ether oxygens (including phenoxy) is 2. The van der Waals surface area contributed by atoms with Gasteiger partial charge in [-0.25, -0.2) is 0 Å². The minimum Gasteiger partial charge on any atom is -0.449 e. The highest BCUT2D eigenvalue weighted by Gasteiger charge is 2.36. The molecule has 1 aliphatic rings. The summed E-state index contributed by atoms with van der Waals surface area (Å²) in [6.45, 7) is 5.50. The number of rotatable bonds is 9. The maximum absolute atomic E-state index is 10.1. The molecule has 0 spiro atoms. The van der Waals surface area contributed by atoms with Gasteiger partial charge in [-0.05, 0) is 55.0 Å². The third-order valence-corrected chi connectivity index (χ3v) is 4.94. The summed E-state index contributed by atoms with van der Waals surface area (Å²) in [5.74, 6) is 0.883. The van der Waals surface area contributed by atoms with Gasteiger partial charge in [-0.3, -0.25) is 0 Å². The maximum atomic E-state index is 10.1. The van der Waals surface area contributed by atoms with Crippen LogP contribution in [-0.4, -0.2) is 28.2 Å². The van der Waals surface area contributed by atoms with Crippen LogP contribution >= 0.6 is 0 Å². The van der Waals surface area contributed by atoms with Crippen LogP contribution in [0.3, 0.4) is 0 Å². The van der Waals surface area contributed by atoms with Crippen LogP contribution in [0.1, 0.15) is 45.4 Å². The van der Waals surface area contributed by atoms with Gasteiger partial charge < -0.3 is 19.7 Å². The summed E-state index contributed by atoms with van der Waals surface area (Å²) in [6.07, 6.45) is 5.05. The monoisotopic (exact) mass is 356 g/mol. The van der Waals surface area contributed by atoms with E-state index in [0.717, 1.165) is 35.1 Å². The minimum atomic E-state index is -0.682. The summed E-state index contributed by atoms with van der Waals surface area (Å²) < 4.78 is 12.1. The van der Waals surface area contributed by atoms with Crippen molar-refractivity contribution in [3.63, 3.8) is 0 Å². The molecule has 26 heavy (non-hydrogen) atoms. The molecule has 2 unspecified atom stereocenters. The molecule has 0 amide bonds. The molecule has 2 atom stereocenters. The second kappa shape index (κ2) is 8.11. The molecule has 2 aromatic rings. The van der Waals surface area contributed by atoms with Crippen LogP contribution in [-0.2, 0) is 0 Å². The third-order valence-electron chi connectivity index (χ3n) is 4.94. The SMILES string of the molecule is C=CC(O)CCCC(O)CCCC1(C)Oc2cc3ccccc3cc2O1. The Kier molecular flexibility index (Phi) is 5.84. The predicted molar refractivity (Wildman–Crippen MR) is 104 cm³/mol. The first-order chi connectivity index (χ1) is 12.5. The van der Waals surface area contributed by atoms with Crippen molar-refractivity contribution in [2.45, 2.75) is 63.4 Å². The van der Waals surface area contributed by atoms with Crippen molar-refractivity contribution in [2.75, 3.05) is 0 Å². The standard InChI is InChI=1S/C22H28O4/c1-3-18(23)10-6-11-19(24)12-7-13-22(2)25-20-14-16-8-4-5-9-17(16)15-21(20)26-22/h3-5,8-9,14-15,18-19,23-24H,1,6-7,10-13H2,2H3. The molecule has 2 aromatic carbocycles. The fourth-order valence-electron chi connectivity index (χ4n) is 3.43. The Morgan fingerprint density at radius 3 is 2.15 bits per heavy atom. The summed E-state index contributed by atoms with van der Waals surface area (Å²) in [5.41, 5.74) is 0. The number of hydrogen-bond acceptors (Lipinski definition) is 4. The molecular formula is C22H28O4. The van der Waals surface area contributed by atoms with Crippen LogP contribution in [0, 0.1) is 0 Å². The second-order valence-corrected chi connectivity index (χ2v) is 7.26. The highest BCUT2D eigenvalue weighted by atomic mass is 16.7. The summed E-state index contributed by atoms with van der Waals surface area (Å²) in [4.78, 5) is 0.